The van der Waals surface area contributed by atoms with E-state index in [1.807, 2.05) is 12.1 Å². The first-order valence-electron chi connectivity index (χ1n) is 6.67. The summed E-state index contributed by atoms with van der Waals surface area (Å²) in [6.45, 7) is 6.77. The van der Waals surface area contributed by atoms with Gasteiger partial charge in [0.1, 0.15) is 0 Å². The number of nitrogens with one attached hydrogen (secondary N) is 1. The van der Waals surface area contributed by atoms with Gasteiger partial charge < -0.3 is 11.1 Å². The quantitative estimate of drug-likeness (QED) is 0.891. The van der Waals surface area contributed by atoms with E-state index in [0.717, 1.165) is 6.42 Å². The highest BCUT2D eigenvalue weighted by molar-refractivity contribution is 8.01. The lowest BCUT2D eigenvalue weighted by atomic mass is 9.86. The summed E-state index contributed by atoms with van der Waals surface area (Å²) in [6.07, 6.45) is 0.814. The smallest absolute Gasteiger partial charge is 0.234 e. The lowest BCUT2D eigenvalue weighted by Gasteiger charge is -2.31. The minimum atomic E-state index is -0.0196. The fourth-order valence-electron chi connectivity index (χ4n) is 2.22. The van der Waals surface area contributed by atoms with Crippen LogP contribution >= 0.6 is 11.8 Å². The van der Waals surface area contributed by atoms with E-state index >= 15 is 0 Å². The Morgan fingerprint density at radius 2 is 2.16 bits per heavy atom. The molecule has 0 radical (unpaired) electrons. The normalized spacial score (nSPS) is 19.9. The molecule has 2 rings (SSSR count). The topological polar surface area (TPSA) is 55.1 Å². The molecule has 2 atom stereocenters. The van der Waals surface area contributed by atoms with Gasteiger partial charge in [-0.25, -0.2) is 0 Å². The minimum Gasteiger partial charge on any atom is -0.351 e. The van der Waals surface area contributed by atoms with Crippen LogP contribution in [0.25, 0.3) is 0 Å². The first-order chi connectivity index (χ1) is 8.91. The summed E-state index contributed by atoms with van der Waals surface area (Å²) in [5, 5.41) is 3.08. The number of benzene rings is 1. The summed E-state index contributed by atoms with van der Waals surface area (Å²) < 4.78 is 0. The lowest BCUT2D eigenvalue weighted by Crippen LogP contribution is -2.50. The average molecular weight is 278 g/mol. The minimum absolute atomic E-state index is 0.0134. The van der Waals surface area contributed by atoms with Crippen molar-refractivity contribution >= 4 is 17.7 Å². The number of hydrogen-bond acceptors (Lipinski definition) is 3. The van der Waals surface area contributed by atoms with Crippen LogP contribution in [-0.2, 0) is 11.2 Å². The third-order valence-electron chi connectivity index (χ3n) is 3.54. The van der Waals surface area contributed by atoms with Crippen molar-refractivity contribution in [2.45, 2.75) is 43.4 Å². The molecule has 0 saturated carbocycles. The van der Waals surface area contributed by atoms with Crippen LogP contribution in [0.1, 0.15) is 26.3 Å². The Morgan fingerprint density at radius 1 is 1.47 bits per heavy atom. The molecule has 2 unspecified atom stereocenters. The van der Waals surface area contributed by atoms with E-state index in [1.165, 1.54) is 10.5 Å². The van der Waals surface area contributed by atoms with Gasteiger partial charge in [-0.05, 0) is 23.5 Å². The molecule has 3 N–H and O–H groups in total. The summed E-state index contributed by atoms with van der Waals surface area (Å²) in [6, 6.07) is 8.24. The molecule has 0 saturated heterocycles. The molecule has 1 heterocycles. The van der Waals surface area contributed by atoms with Gasteiger partial charge in [-0.1, -0.05) is 39.0 Å². The van der Waals surface area contributed by atoms with Crippen molar-refractivity contribution in [2.75, 3.05) is 6.54 Å². The number of hydrogen-bond donors (Lipinski definition) is 2. The summed E-state index contributed by atoms with van der Waals surface area (Å²) in [4.78, 5) is 13.6. The van der Waals surface area contributed by atoms with E-state index in [-0.39, 0.29) is 22.6 Å². The number of thioether (sulfide) groups is 1. The molecule has 104 valence electrons. The molecule has 1 aromatic rings. The zero-order chi connectivity index (χ0) is 14.0. The van der Waals surface area contributed by atoms with E-state index in [2.05, 4.69) is 38.2 Å². The molecule has 0 bridgehead atoms. The first kappa shape index (κ1) is 14.4. The summed E-state index contributed by atoms with van der Waals surface area (Å²) in [7, 11) is 0. The molecular formula is C15H22N2OS. The second-order valence-corrected chi connectivity index (χ2v) is 7.33. The standard InChI is InChI=1S/C15H22N2OS/c1-15(2,3)13(9-16)17-14(18)12-8-10-6-4-5-7-11(10)19-12/h4-7,12-13H,8-9,16H2,1-3H3,(H,17,18). The summed E-state index contributed by atoms with van der Waals surface area (Å²) >= 11 is 1.65. The average Bonchev–Trinajstić information content (AvgIpc) is 2.77. The van der Waals surface area contributed by atoms with E-state index in [9.17, 15) is 4.79 Å². The molecular weight excluding hydrogens is 256 g/mol. The molecule has 19 heavy (non-hydrogen) atoms. The predicted octanol–water partition coefficient (Wildman–Crippen LogP) is 2.19. The number of rotatable bonds is 3. The summed E-state index contributed by atoms with van der Waals surface area (Å²) in [5.41, 5.74) is 7.03. The monoisotopic (exact) mass is 278 g/mol. The fraction of sp³-hybridized carbons (Fsp3) is 0.533. The zero-order valence-electron chi connectivity index (χ0n) is 11.8. The molecule has 1 aliphatic heterocycles. The highest BCUT2D eigenvalue weighted by atomic mass is 32.2. The lowest BCUT2D eigenvalue weighted by molar-refractivity contribution is -0.121. The number of carbonyl (C=O) groups excluding carboxylic acids is 1. The van der Waals surface area contributed by atoms with Crippen molar-refractivity contribution < 1.29 is 4.79 Å². The Hall–Kier alpha value is -1.00. The van der Waals surface area contributed by atoms with Gasteiger partial charge >= 0.3 is 0 Å². The largest absolute Gasteiger partial charge is 0.351 e. The molecule has 1 aromatic carbocycles. The molecule has 1 aliphatic rings. The fourth-order valence-corrected chi connectivity index (χ4v) is 3.43. The van der Waals surface area contributed by atoms with Crippen LogP contribution in [0.15, 0.2) is 29.2 Å². The van der Waals surface area contributed by atoms with Crippen molar-refractivity contribution in [3.05, 3.63) is 29.8 Å². The molecule has 3 nitrogen and oxygen atoms in total. The Balaban J connectivity index is 2.00. The van der Waals surface area contributed by atoms with Crippen LogP contribution in [-0.4, -0.2) is 23.7 Å². The van der Waals surface area contributed by atoms with Crippen LogP contribution in [0, 0.1) is 5.41 Å². The van der Waals surface area contributed by atoms with Gasteiger partial charge in [0, 0.05) is 17.5 Å². The highest BCUT2D eigenvalue weighted by Gasteiger charge is 2.31. The van der Waals surface area contributed by atoms with Gasteiger partial charge in [0.2, 0.25) is 5.91 Å². The molecule has 0 fully saturated rings. The number of amides is 1. The molecule has 0 aliphatic carbocycles. The van der Waals surface area contributed by atoms with Crippen molar-refractivity contribution in [3.8, 4) is 0 Å². The van der Waals surface area contributed by atoms with Crippen LogP contribution in [0.3, 0.4) is 0 Å². The predicted molar refractivity (Wildman–Crippen MR) is 80.2 cm³/mol. The molecule has 0 aromatic heterocycles. The third-order valence-corrected chi connectivity index (χ3v) is 4.85. The van der Waals surface area contributed by atoms with Gasteiger partial charge in [0.25, 0.3) is 0 Å². The van der Waals surface area contributed by atoms with Gasteiger partial charge in [-0.3, -0.25) is 4.79 Å². The molecule has 1 amide bonds. The Morgan fingerprint density at radius 3 is 2.74 bits per heavy atom. The van der Waals surface area contributed by atoms with Crippen molar-refractivity contribution in [3.63, 3.8) is 0 Å². The van der Waals surface area contributed by atoms with Crippen LogP contribution < -0.4 is 11.1 Å². The Kier molecular flexibility index (Phi) is 4.21. The highest BCUT2D eigenvalue weighted by Crippen LogP contribution is 2.37. The van der Waals surface area contributed by atoms with E-state index < -0.39 is 0 Å². The summed E-state index contributed by atoms with van der Waals surface area (Å²) in [5.74, 6) is 0.103. The zero-order valence-corrected chi connectivity index (χ0v) is 12.6. The van der Waals surface area contributed by atoms with E-state index in [0.29, 0.717) is 6.54 Å². The van der Waals surface area contributed by atoms with Crippen LogP contribution in [0.4, 0.5) is 0 Å². The first-order valence-corrected chi connectivity index (χ1v) is 7.55. The second kappa shape index (κ2) is 5.55. The van der Waals surface area contributed by atoms with Gasteiger partial charge in [-0.2, -0.15) is 0 Å². The van der Waals surface area contributed by atoms with Gasteiger partial charge in [0.05, 0.1) is 5.25 Å². The number of nitrogens with two attached hydrogens (primary N) is 1. The molecule has 4 heteroatoms. The van der Waals surface area contributed by atoms with Crippen LogP contribution in [0.2, 0.25) is 0 Å². The van der Waals surface area contributed by atoms with E-state index in [4.69, 9.17) is 5.73 Å². The van der Waals surface area contributed by atoms with Crippen molar-refractivity contribution in [1.82, 2.24) is 5.32 Å². The Bertz CT molecular complexity index is 442. The maximum absolute atomic E-state index is 12.3. The van der Waals surface area contributed by atoms with Crippen molar-refractivity contribution in [2.24, 2.45) is 11.1 Å². The maximum Gasteiger partial charge on any atom is 0.234 e. The van der Waals surface area contributed by atoms with Crippen molar-refractivity contribution in [1.29, 1.82) is 0 Å². The SMILES string of the molecule is CC(C)(C)C(CN)NC(=O)C1Cc2ccccc2S1. The van der Waals surface area contributed by atoms with E-state index in [1.54, 1.807) is 11.8 Å². The number of fused-ring (bicyclic) bond motifs is 1. The second-order valence-electron chi connectivity index (χ2n) is 6.08. The molecule has 0 spiro atoms. The third kappa shape index (κ3) is 3.31. The Labute approximate surface area is 119 Å². The maximum atomic E-state index is 12.3. The van der Waals surface area contributed by atoms with Gasteiger partial charge in [-0.15, -0.1) is 11.8 Å². The number of carbonyl (C=O) groups is 1. The van der Waals surface area contributed by atoms with Gasteiger partial charge in [0.15, 0.2) is 0 Å². The van der Waals surface area contributed by atoms with Crippen LogP contribution in [0.5, 0.6) is 0 Å².